The van der Waals surface area contributed by atoms with Gasteiger partial charge in [-0.05, 0) is 63.9 Å². The Bertz CT molecular complexity index is 1150. The van der Waals surface area contributed by atoms with Crippen LogP contribution in [0.25, 0.3) is 0 Å². The molecule has 1 aromatic rings. The zero-order valence-electron chi connectivity index (χ0n) is 22.3. The van der Waals surface area contributed by atoms with Gasteiger partial charge in [-0.2, -0.15) is 0 Å². The molecule has 10 nitrogen and oxygen atoms in total. The Kier molecular flexibility index (Phi) is 7.30. The Balaban J connectivity index is 1.46. The minimum absolute atomic E-state index is 0.0251. The fourth-order valence-electron chi connectivity index (χ4n) is 5.30. The molecule has 3 aliphatic heterocycles. The number of rotatable bonds is 7. The van der Waals surface area contributed by atoms with Gasteiger partial charge in [0.05, 0.1) is 17.6 Å². The molecule has 1 saturated carbocycles. The van der Waals surface area contributed by atoms with Crippen molar-refractivity contribution in [2.75, 3.05) is 46.3 Å². The Morgan fingerprint density at radius 3 is 2.62 bits per heavy atom. The SMILES string of the molecule is CCNC(=O)C1C(C)=C2C(=Nc3cc(C(=O)NC4CC4)ccc3C)N=CNN2C1CN1CCN(C)CC1. The van der Waals surface area contributed by atoms with E-state index < -0.39 is 0 Å². The number of nitrogens with one attached hydrogen (secondary N) is 3. The summed E-state index contributed by atoms with van der Waals surface area (Å²) in [5.41, 5.74) is 7.34. The molecule has 3 heterocycles. The van der Waals surface area contributed by atoms with Gasteiger partial charge in [-0.15, -0.1) is 0 Å². The predicted molar refractivity (Wildman–Crippen MR) is 145 cm³/mol. The maximum Gasteiger partial charge on any atom is 0.251 e. The zero-order valence-corrected chi connectivity index (χ0v) is 22.3. The van der Waals surface area contributed by atoms with E-state index in [0.29, 0.717) is 29.7 Å². The normalized spacial score (nSPS) is 25.3. The molecule has 2 unspecified atom stereocenters. The van der Waals surface area contributed by atoms with Crippen LogP contribution < -0.4 is 16.1 Å². The number of amidine groups is 1. The molecular formula is C27H38N8O2. The summed E-state index contributed by atoms with van der Waals surface area (Å²) >= 11 is 0. The number of carbonyl (C=O) groups is 2. The van der Waals surface area contributed by atoms with Crippen LogP contribution in [0.2, 0.25) is 0 Å². The Morgan fingerprint density at radius 1 is 1.16 bits per heavy atom. The summed E-state index contributed by atoms with van der Waals surface area (Å²) in [5, 5.41) is 8.15. The largest absolute Gasteiger partial charge is 0.356 e. The third-order valence-electron chi connectivity index (χ3n) is 7.68. The van der Waals surface area contributed by atoms with Gasteiger partial charge in [-0.3, -0.25) is 24.9 Å². The molecule has 198 valence electrons. The van der Waals surface area contributed by atoms with E-state index in [1.807, 2.05) is 39.0 Å². The number of benzene rings is 1. The first-order valence-corrected chi connectivity index (χ1v) is 13.3. The van der Waals surface area contributed by atoms with Gasteiger partial charge in [0.2, 0.25) is 5.91 Å². The number of fused-ring (bicyclic) bond motifs is 1. The van der Waals surface area contributed by atoms with E-state index in [1.54, 1.807) is 6.34 Å². The Hall–Kier alpha value is -3.24. The Morgan fingerprint density at radius 2 is 1.92 bits per heavy atom. The fraction of sp³-hybridized carbons (Fsp3) is 0.556. The van der Waals surface area contributed by atoms with Crippen LogP contribution in [-0.4, -0.2) is 97.2 Å². The van der Waals surface area contributed by atoms with Crippen molar-refractivity contribution in [1.29, 1.82) is 0 Å². The maximum atomic E-state index is 13.3. The van der Waals surface area contributed by atoms with Crippen molar-refractivity contribution in [3.05, 3.63) is 40.6 Å². The molecule has 4 aliphatic rings. The summed E-state index contributed by atoms with van der Waals surface area (Å²) in [6, 6.07) is 5.80. The first-order chi connectivity index (χ1) is 17.9. The predicted octanol–water partition coefficient (Wildman–Crippen LogP) is 1.42. The third kappa shape index (κ3) is 5.40. The number of likely N-dealkylation sites (N-methyl/N-ethyl adjacent to an activating group) is 1. The van der Waals surface area contributed by atoms with Crippen molar-refractivity contribution in [3.63, 3.8) is 0 Å². The van der Waals surface area contributed by atoms with Crippen LogP contribution in [0.3, 0.4) is 0 Å². The molecule has 0 radical (unpaired) electrons. The van der Waals surface area contributed by atoms with Gasteiger partial charge >= 0.3 is 0 Å². The molecule has 3 N–H and O–H groups in total. The van der Waals surface area contributed by atoms with Crippen molar-refractivity contribution >= 4 is 29.7 Å². The summed E-state index contributed by atoms with van der Waals surface area (Å²) < 4.78 is 0. The molecule has 0 bridgehead atoms. The van der Waals surface area contributed by atoms with Crippen LogP contribution in [0.1, 0.15) is 42.6 Å². The number of piperazine rings is 1. The van der Waals surface area contributed by atoms with E-state index in [9.17, 15) is 9.59 Å². The van der Waals surface area contributed by atoms with Gasteiger partial charge in [0.25, 0.3) is 5.91 Å². The average molecular weight is 507 g/mol. The topological polar surface area (TPSA) is 105 Å². The number of nitrogens with zero attached hydrogens (tertiary/aromatic N) is 5. The van der Waals surface area contributed by atoms with Crippen molar-refractivity contribution in [2.45, 2.75) is 45.7 Å². The van der Waals surface area contributed by atoms with E-state index in [4.69, 9.17) is 4.99 Å². The molecule has 1 saturated heterocycles. The van der Waals surface area contributed by atoms with Crippen molar-refractivity contribution in [3.8, 4) is 0 Å². The molecule has 1 aliphatic carbocycles. The number of hydrazine groups is 1. The van der Waals surface area contributed by atoms with E-state index in [2.05, 4.69) is 42.9 Å². The highest BCUT2D eigenvalue weighted by molar-refractivity contribution is 6.07. The quantitative estimate of drug-likeness (QED) is 0.517. The van der Waals surface area contributed by atoms with Crippen molar-refractivity contribution < 1.29 is 9.59 Å². The van der Waals surface area contributed by atoms with Crippen LogP contribution in [0.4, 0.5) is 5.69 Å². The highest BCUT2D eigenvalue weighted by Gasteiger charge is 2.46. The first kappa shape index (κ1) is 25.4. The Labute approximate surface area is 218 Å². The van der Waals surface area contributed by atoms with Gasteiger partial charge < -0.3 is 15.5 Å². The molecular weight excluding hydrogens is 468 g/mol. The first-order valence-electron chi connectivity index (χ1n) is 13.3. The summed E-state index contributed by atoms with van der Waals surface area (Å²) in [5.74, 6) is 0.191. The standard InChI is InChI=1S/C27H38N8O2/c1-5-28-27(37)23-18(3)24-25(29-16-30-35(24)22(23)15-34-12-10-33(4)11-13-34)32-21-14-19(7-6-17(21)2)26(36)31-20-8-9-20/h6-7,14,16,20,22-23H,5,8-13,15H2,1-4H3,(H,28,37)(H,31,36)(H,29,30,32). The number of hydrogen-bond acceptors (Lipinski definition) is 7. The summed E-state index contributed by atoms with van der Waals surface area (Å²) in [6.07, 6.45) is 3.73. The number of amides is 2. The average Bonchev–Trinajstić information content (AvgIpc) is 3.65. The highest BCUT2D eigenvalue weighted by Crippen LogP contribution is 2.36. The minimum atomic E-state index is -0.314. The minimum Gasteiger partial charge on any atom is -0.356 e. The molecule has 2 atom stereocenters. The number of aliphatic imine (C=N–C) groups is 2. The lowest BCUT2D eigenvalue weighted by molar-refractivity contribution is -0.125. The molecule has 2 fully saturated rings. The summed E-state index contributed by atoms with van der Waals surface area (Å²) in [4.78, 5) is 40.2. The fourth-order valence-corrected chi connectivity index (χ4v) is 5.30. The summed E-state index contributed by atoms with van der Waals surface area (Å²) in [6.45, 7) is 11.3. The molecule has 37 heavy (non-hydrogen) atoms. The van der Waals surface area contributed by atoms with Gasteiger partial charge in [-0.1, -0.05) is 6.07 Å². The highest BCUT2D eigenvalue weighted by atomic mass is 16.2. The van der Waals surface area contributed by atoms with Crippen LogP contribution in [0.5, 0.6) is 0 Å². The lowest BCUT2D eigenvalue weighted by atomic mass is 9.93. The van der Waals surface area contributed by atoms with Gasteiger partial charge in [-0.25, -0.2) is 9.98 Å². The van der Waals surface area contributed by atoms with E-state index in [0.717, 1.165) is 62.4 Å². The number of carbonyl (C=O) groups excluding carboxylic acids is 2. The molecule has 0 aromatic heterocycles. The van der Waals surface area contributed by atoms with Crippen LogP contribution >= 0.6 is 0 Å². The zero-order chi connectivity index (χ0) is 26.1. The van der Waals surface area contributed by atoms with Crippen LogP contribution in [0.15, 0.2) is 39.5 Å². The number of hydrogen-bond donors (Lipinski definition) is 3. The molecule has 5 rings (SSSR count). The van der Waals surface area contributed by atoms with E-state index in [1.165, 1.54) is 0 Å². The van der Waals surface area contributed by atoms with Gasteiger partial charge in [0.15, 0.2) is 5.84 Å². The van der Waals surface area contributed by atoms with E-state index >= 15 is 0 Å². The number of aryl methyl sites for hydroxylation is 1. The van der Waals surface area contributed by atoms with Gasteiger partial charge in [0, 0.05) is 50.9 Å². The summed E-state index contributed by atoms with van der Waals surface area (Å²) in [7, 11) is 2.15. The second-order valence-electron chi connectivity index (χ2n) is 10.5. The van der Waals surface area contributed by atoms with Crippen molar-refractivity contribution in [1.82, 2.24) is 30.9 Å². The monoisotopic (exact) mass is 506 g/mol. The lowest BCUT2D eigenvalue weighted by Gasteiger charge is -2.39. The maximum absolute atomic E-state index is 13.3. The van der Waals surface area contributed by atoms with Gasteiger partial charge in [0.1, 0.15) is 12.0 Å². The lowest BCUT2D eigenvalue weighted by Crippen LogP contribution is -2.56. The second-order valence-corrected chi connectivity index (χ2v) is 10.5. The van der Waals surface area contributed by atoms with E-state index in [-0.39, 0.29) is 23.8 Å². The third-order valence-corrected chi connectivity index (χ3v) is 7.68. The molecule has 1 aromatic carbocycles. The molecule has 10 heteroatoms. The van der Waals surface area contributed by atoms with Crippen molar-refractivity contribution in [2.24, 2.45) is 15.9 Å². The smallest absolute Gasteiger partial charge is 0.251 e. The molecule has 2 amide bonds. The second kappa shape index (κ2) is 10.6. The molecule has 0 spiro atoms. The van der Waals surface area contributed by atoms with Crippen LogP contribution in [-0.2, 0) is 4.79 Å². The van der Waals surface area contributed by atoms with Crippen LogP contribution in [0, 0.1) is 12.8 Å².